The minimum absolute atomic E-state index is 0.160. The van der Waals surface area contributed by atoms with Crippen LogP contribution in [0.4, 0.5) is 4.79 Å². The fourth-order valence-corrected chi connectivity index (χ4v) is 3.80. The quantitative estimate of drug-likeness (QED) is 0.308. The lowest BCUT2D eigenvalue weighted by Gasteiger charge is -2.46. The van der Waals surface area contributed by atoms with E-state index in [0.29, 0.717) is 12.8 Å². The van der Waals surface area contributed by atoms with Gasteiger partial charge in [-0.15, -0.1) is 0 Å². The van der Waals surface area contributed by atoms with Crippen LogP contribution in [0, 0.1) is 0 Å². The van der Waals surface area contributed by atoms with Gasteiger partial charge in [-0.05, 0) is 33.2 Å². The zero-order chi connectivity index (χ0) is 19.4. The molecule has 2 aliphatic rings. The van der Waals surface area contributed by atoms with Crippen LogP contribution in [-0.2, 0) is 14.2 Å². The summed E-state index contributed by atoms with van der Waals surface area (Å²) in [6, 6.07) is -2.12. The lowest BCUT2D eigenvalue weighted by molar-refractivity contribution is -0.254. The number of aliphatic hydroxyl groups excluding tert-OH is 1. The van der Waals surface area contributed by atoms with Gasteiger partial charge in [0.1, 0.15) is 12.2 Å². The Hall–Kier alpha value is -1.01. The molecule has 1 aliphatic heterocycles. The van der Waals surface area contributed by atoms with Gasteiger partial charge in [0.2, 0.25) is 0 Å². The Morgan fingerprint density at radius 3 is 2.62 bits per heavy atom. The molecule has 0 aromatic carbocycles. The third kappa shape index (κ3) is 4.83. The number of ether oxygens (including phenoxy) is 3. The summed E-state index contributed by atoms with van der Waals surface area (Å²) < 4.78 is 17.4. The number of methoxy groups -OCH3 is 1. The number of nitrogens with two attached hydrogens (primary N) is 3. The first-order valence-electron chi connectivity index (χ1n) is 9.04. The normalized spacial score (nSPS) is 42.2. The van der Waals surface area contributed by atoms with E-state index in [4.69, 9.17) is 31.4 Å². The number of primary amides is 1. The molecular formula is C16H33N5O5. The second kappa shape index (κ2) is 9.27. The fourth-order valence-electron chi connectivity index (χ4n) is 3.80. The average molecular weight is 375 g/mol. The van der Waals surface area contributed by atoms with Crippen LogP contribution in [0.5, 0.6) is 0 Å². The van der Waals surface area contributed by atoms with Gasteiger partial charge in [0.05, 0.1) is 30.3 Å². The molecule has 9 atom stereocenters. The third-order valence-corrected chi connectivity index (χ3v) is 5.27. The molecule has 10 nitrogen and oxygen atoms in total. The number of likely N-dealkylation sites (N-methyl/N-ethyl adjacent to an activating group) is 1. The molecule has 2 amide bonds. The molecule has 152 valence electrons. The molecule has 0 aromatic heterocycles. The summed E-state index contributed by atoms with van der Waals surface area (Å²) in [6.07, 6.45) is -1.06. The molecule has 1 aliphatic carbocycles. The summed E-state index contributed by atoms with van der Waals surface area (Å²) in [4.78, 5) is 11.4. The van der Waals surface area contributed by atoms with E-state index < -0.39 is 30.6 Å². The highest BCUT2D eigenvalue weighted by Crippen LogP contribution is 2.29. The predicted octanol–water partition coefficient (Wildman–Crippen LogP) is -2.04. The minimum Gasteiger partial charge on any atom is -0.389 e. The Balaban J connectivity index is 2.16. The molecule has 0 spiro atoms. The molecule has 10 heteroatoms. The fraction of sp³-hybridized carbons (Fsp3) is 0.938. The first-order chi connectivity index (χ1) is 12.3. The highest BCUT2D eigenvalue weighted by atomic mass is 16.7. The number of rotatable bonds is 6. The first kappa shape index (κ1) is 21.3. The van der Waals surface area contributed by atoms with Gasteiger partial charge >= 0.3 is 6.03 Å². The van der Waals surface area contributed by atoms with E-state index in [2.05, 4.69) is 10.6 Å². The SMILES string of the molecule is CN[C@@H]1[C@H](O)[C@@H](O[C@H]2O[C@@H]([C@H](C)N)CC[C@@H]2N)[C@@H](NC(N)=O)C[C@H]1OC. The zero-order valence-corrected chi connectivity index (χ0v) is 15.6. The van der Waals surface area contributed by atoms with E-state index in [9.17, 15) is 9.90 Å². The molecule has 0 bridgehead atoms. The average Bonchev–Trinajstić information content (AvgIpc) is 2.58. The molecule has 9 N–H and O–H groups in total. The number of nitrogens with one attached hydrogen (secondary N) is 2. The Labute approximate surface area is 154 Å². The molecule has 2 rings (SSSR count). The van der Waals surface area contributed by atoms with Gasteiger partial charge in [-0.1, -0.05) is 0 Å². The van der Waals surface area contributed by atoms with Crippen LogP contribution in [0.3, 0.4) is 0 Å². The van der Waals surface area contributed by atoms with Crippen molar-refractivity contribution in [3.05, 3.63) is 0 Å². The highest BCUT2D eigenvalue weighted by molar-refractivity contribution is 5.72. The van der Waals surface area contributed by atoms with E-state index in [0.717, 1.165) is 6.42 Å². The van der Waals surface area contributed by atoms with Crippen molar-refractivity contribution in [1.82, 2.24) is 10.6 Å². The largest absolute Gasteiger partial charge is 0.389 e. The van der Waals surface area contributed by atoms with Crippen molar-refractivity contribution < 1.29 is 24.1 Å². The van der Waals surface area contributed by atoms with Crippen LogP contribution in [0.2, 0.25) is 0 Å². The Bertz CT molecular complexity index is 468. The summed E-state index contributed by atoms with van der Waals surface area (Å²) in [5, 5.41) is 16.5. The van der Waals surface area contributed by atoms with Crippen molar-refractivity contribution in [2.24, 2.45) is 17.2 Å². The number of carbonyl (C=O) groups excluding carboxylic acids is 1. The zero-order valence-electron chi connectivity index (χ0n) is 15.6. The molecule has 2 fully saturated rings. The predicted molar refractivity (Wildman–Crippen MR) is 95.2 cm³/mol. The van der Waals surface area contributed by atoms with Crippen molar-refractivity contribution in [1.29, 1.82) is 0 Å². The van der Waals surface area contributed by atoms with Crippen LogP contribution in [0.25, 0.3) is 0 Å². The molecular weight excluding hydrogens is 342 g/mol. The number of carbonyl (C=O) groups is 1. The van der Waals surface area contributed by atoms with Crippen LogP contribution in [0.1, 0.15) is 26.2 Å². The van der Waals surface area contributed by atoms with Crippen LogP contribution >= 0.6 is 0 Å². The number of urea groups is 1. The van der Waals surface area contributed by atoms with Crippen molar-refractivity contribution in [3.8, 4) is 0 Å². The van der Waals surface area contributed by atoms with E-state index in [1.165, 1.54) is 0 Å². The Kier molecular flexibility index (Phi) is 7.59. The van der Waals surface area contributed by atoms with Gasteiger partial charge in [0.15, 0.2) is 6.29 Å². The van der Waals surface area contributed by atoms with Crippen molar-refractivity contribution in [3.63, 3.8) is 0 Å². The number of aliphatic hydroxyl groups is 1. The van der Waals surface area contributed by atoms with Gasteiger partial charge < -0.3 is 47.2 Å². The van der Waals surface area contributed by atoms with Gasteiger partial charge in [-0.2, -0.15) is 0 Å². The highest BCUT2D eigenvalue weighted by Gasteiger charge is 2.47. The number of amides is 2. The Morgan fingerprint density at radius 2 is 2.08 bits per heavy atom. The molecule has 0 unspecified atom stereocenters. The van der Waals surface area contributed by atoms with Crippen LogP contribution in [-0.4, -0.2) is 80.2 Å². The van der Waals surface area contributed by atoms with Gasteiger partial charge in [0, 0.05) is 13.2 Å². The topological polar surface area (TPSA) is 167 Å². The first-order valence-corrected chi connectivity index (χ1v) is 9.04. The summed E-state index contributed by atoms with van der Waals surface area (Å²) in [7, 11) is 3.28. The Morgan fingerprint density at radius 1 is 1.38 bits per heavy atom. The molecule has 26 heavy (non-hydrogen) atoms. The molecule has 1 saturated carbocycles. The molecule has 0 radical (unpaired) electrons. The summed E-state index contributed by atoms with van der Waals surface area (Å²) >= 11 is 0. The maximum Gasteiger partial charge on any atom is 0.312 e. The summed E-state index contributed by atoms with van der Waals surface area (Å²) in [5.41, 5.74) is 17.4. The minimum atomic E-state index is -0.956. The maximum absolute atomic E-state index is 11.4. The van der Waals surface area contributed by atoms with Gasteiger partial charge in [-0.3, -0.25) is 0 Å². The van der Waals surface area contributed by atoms with E-state index in [1.807, 2.05) is 6.92 Å². The van der Waals surface area contributed by atoms with E-state index in [-0.39, 0.29) is 30.3 Å². The summed E-state index contributed by atoms with van der Waals surface area (Å²) in [6.45, 7) is 1.87. The second-order valence-electron chi connectivity index (χ2n) is 7.17. The van der Waals surface area contributed by atoms with Gasteiger partial charge in [-0.25, -0.2) is 4.79 Å². The van der Waals surface area contributed by atoms with Crippen LogP contribution < -0.4 is 27.8 Å². The lowest BCUT2D eigenvalue weighted by atomic mass is 9.83. The summed E-state index contributed by atoms with van der Waals surface area (Å²) in [5.74, 6) is 0. The lowest BCUT2D eigenvalue weighted by Crippen LogP contribution is -2.67. The smallest absolute Gasteiger partial charge is 0.312 e. The number of hydrogen-bond acceptors (Lipinski definition) is 8. The van der Waals surface area contributed by atoms with Gasteiger partial charge in [0.25, 0.3) is 0 Å². The van der Waals surface area contributed by atoms with E-state index >= 15 is 0 Å². The third-order valence-electron chi connectivity index (χ3n) is 5.27. The van der Waals surface area contributed by atoms with E-state index in [1.54, 1.807) is 14.2 Å². The molecule has 0 aromatic rings. The van der Waals surface area contributed by atoms with Crippen molar-refractivity contribution >= 4 is 6.03 Å². The molecule has 1 saturated heterocycles. The van der Waals surface area contributed by atoms with Crippen molar-refractivity contribution in [2.45, 2.75) is 81.1 Å². The molecule has 1 heterocycles. The van der Waals surface area contributed by atoms with Crippen molar-refractivity contribution in [2.75, 3.05) is 14.2 Å². The monoisotopic (exact) mass is 375 g/mol. The standard InChI is InChI=1S/C16H33N5O5/c1-7(17)10-5-4-8(18)15(25-10)26-14-9(21-16(19)23)6-11(24-3)12(20-2)13(14)22/h7-15,20,22H,4-6,17-18H2,1-3H3,(H3,19,21,23)/t7-,8-,9-,10+,11+,12-,13-,14-,15+/m0/s1. The number of hydrogen-bond donors (Lipinski definition) is 6. The van der Waals surface area contributed by atoms with Crippen LogP contribution in [0.15, 0.2) is 0 Å². The second-order valence-corrected chi connectivity index (χ2v) is 7.17. The maximum atomic E-state index is 11.4.